The van der Waals surface area contributed by atoms with Gasteiger partial charge in [-0.15, -0.1) is 0 Å². The van der Waals surface area contributed by atoms with Gasteiger partial charge in [0.1, 0.15) is 5.69 Å². The van der Waals surface area contributed by atoms with Gasteiger partial charge < -0.3 is 4.90 Å². The minimum atomic E-state index is -4.31. The van der Waals surface area contributed by atoms with E-state index in [1.165, 1.54) is 16.8 Å². The predicted octanol–water partition coefficient (Wildman–Crippen LogP) is 1.92. The topological polar surface area (TPSA) is 71.0 Å². The van der Waals surface area contributed by atoms with E-state index in [1.807, 2.05) is 0 Å². The molecule has 1 N–H and O–H groups in total. The van der Waals surface area contributed by atoms with Crippen LogP contribution in [-0.4, -0.2) is 39.3 Å². The van der Waals surface area contributed by atoms with Gasteiger partial charge in [-0.1, -0.05) is 12.1 Å². The van der Waals surface area contributed by atoms with Crippen molar-refractivity contribution >= 4 is 0 Å². The quantitative estimate of drug-likeness (QED) is 0.841. The summed E-state index contributed by atoms with van der Waals surface area (Å²) in [6.07, 6.45) is -2.60. The Morgan fingerprint density at radius 3 is 2.61 bits per heavy atom. The van der Waals surface area contributed by atoms with Crippen molar-refractivity contribution in [1.82, 2.24) is 19.7 Å². The minimum Gasteiger partial charge on any atom is -0.302 e. The first kappa shape index (κ1) is 18.9. The first-order valence-corrected chi connectivity index (χ1v) is 9.27. The van der Waals surface area contributed by atoms with E-state index in [-0.39, 0.29) is 11.1 Å². The summed E-state index contributed by atoms with van der Waals surface area (Å²) in [5.74, 6) is 0.473. The van der Waals surface area contributed by atoms with Gasteiger partial charge in [0.25, 0.3) is 5.56 Å². The summed E-state index contributed by atoms with van der Waals surface area (Å²) in [5, 5.41) is 4.00. The standard InChI is InChI=1S/C19H21F3N4O2/c1-12-16(27)23-17(28)26(24-12)8-2-7-25-10-15-9-18(15,11-25)13-3-5-14(6-4-13)19(20,21)22/h3-6,15H,2,7-11H2,1H3,(H,23,27,28)/t15?,18-/m1/s1. The second-order valence-corrected chi connectivity index (χ2v) is 7.79. The minimum absolute atomic E-state index is 0.0339. The second-order valence-electron chi connectivity index (χ2n) is 7.79. The van der Waals surface area contributed by atoms with E-state index in [0.29, 0.717) is 18.9 Å². The molecule has 1 aliphatic carbocycles. The van der Waals surface area contributed by atoms with Crippen molar-refractivity contribution in [1.29, 1.82) is 0 Å². The number of nitrogens with zero attached hydrogens (tertiary/aromatic N) is 3. The fourth-order valence-corrected chi connectivity index (χ4v) is 4.31. The molecule has 1 aromatic heterocycles. The second kappa shape index (κ2) is 6.58. The van der Waals surface area contributed by atoms with Crippen LogP contribution in [0.25, 0.3) is 0 Å². The Hall–Kier alpha value is -2.42. The van der Waals surface area contributed by atoms with Crippen LogP contribution in [0.2, 0.25) is 0 Å². The van der Waals surface area contributed by atoms with Crippen molar-refractivity contribution in [2.75, 3.05) is 19.6 Å². The molecule has 0 spiro atoms. The number of alkyl halides is 3. The molecule has 4 rings (SSSR count). The Morgan fingerprint density at radius 2 is 1.93 bits per heavy atom. The number of likely N-dealkylation sites (tertiary alicyclic amines) is 1. The van der Waals surface area contributed by atoms with Crippen LogP contribution in [0.3, 0.4) is 0 Å². The zero-order valence-corrected chi connectivity index (χ0v) is 15.4. The molecule has 0 bridgehead atoms. The van der Waals surface area contributed by atoms with Crippen LogP contribution in [0, 0.1) is 12.8 Å². The SMILES string of the molecule is Cc1nn(CCCN2CC3C[C@]3(c3ccc(C(F)(F)F)cc3)C2)c(=O)[nH]c1=O. The number of halogens is 3. The summed E-state index contributed by atoms with van der Waals surface area (Å²) in [6.45, 7) is 4.46. The molecule has 150 valence electrons. The van der Waals surface area contributed by atoms with E-state index in [9.17, 15) is 22.8 Å². The van der Waals surface area contributed by atoms with Gasteiger partial charge in [-0.3, -0.25) is 9.78 Å². The lowest BCUT2D eigenvalue weighted by atomic mass is 9.94. The van der Waals surface area contributed by atoms with Crippen molar-refractivity contribution in [3.63, 3.8) is 0 Å². The van der Waals surface area contributed by atoms with Crippen LogP contribution in [0.4, 0.5) is 13.2 Å². The first-order valence-electron chi connectivity index (χ1n) is 9.27. The molecule has 28 heavy (non-hydrogen) atoms. The Labute approximate surface area is 159 Å². The Bertz CT molecular complexity index is 996. The molecule has 1 unspecified atom stereocenters. The van der Waals surface area contributed by atoms with E-state index >= 15 is 0 Å². The lowest BCUT2D eigenvalue weighted by Gasteiger charge is -2.21. The number of nitrogens with one attached hydrogen (secondary N) is 1. The molecule has 2 fully saturated rings. The van der Waals surface area contributed by atoms with Crippen LogP contribution in [0.15, 0.2) is 33.9 Å². The fourth-order valence-electron chi connectivity index (χ4n) is 4.31. The van der Waals surface area contributed by atoms with Crippen LogP contribution >= 0.6 is 0 Å². The molecule has 1 aliphatic heterocycles. The number of fused-ring (bicyclic) bond motifs is 1. The summed E-state index contributed by atoms with van der Waals surface area (Å²) in [5.41, 5.74) is -0.409. The van der Waals surface area contributed by atoms with Crippen LogP contribution in [0.5, 0.6) is 0 Å². The number of rotatable bonds is 5. The number of hydrogen-bond acceptors (Lipinski definition) is 4. The number of aryl methyl sites for hydroxylation is 2. The first-order chi connectivity index (χ1) is 13.2. The third-order valence-corrected chi connectivity index (χ3v) is 5.90. The van der Waals surface area contributed by atoms with Crippen molar-refractivity contribution in [3.05, 3.63) is 61.9 Å². The molecule has 9 heteroatoms. The summed E-state index contributed by atoms with van der Waals surface area (Å²) in [4.78, 5) is 27.6. The van der Waals surface area contributed by atoms with Gasteiger partial charge in [-0.05, 0) is 49.9 Å². The molecule has 2 aliphatic rings. The fraction of sp³-hybridized carbons (Fsp3) is 0.526. The van der Waals surface area contributed by atoms with E-state index in [1.54, 1.807) is 19.1 Å². The molecule has 0 radical (unpaired) electrons. The molecule has 0 amide bonds. The lowest BCUT2D eigenvalue weighted by molar-refractivity contribution is -0.137. The highest BCUT2D eigenvalue weighted by Gasteiger charge is 2.60. The molecule has 6 nitrogen and oxygen atoms in total. The summed E-state index contributed by atoms with van der Waals surface area (Å²) < 4.78 is 39.6. The molecule has 2 atom stereocenters. The van der Waals surface area contributed by atoms with Gasteiger partial charge in [0.15, 0.2) is 0 Å². The van der Waals surface area contributed by atoms with Crippen molar-refractivity contribution in [3.8, 4) is 0 Å². The van der Waals surface area contributed by atoms with Gasteiger partial charge in [0.2, 0.25) is 0 Å². The normalized spacial score (nSPS) is 24.4. The molecule has 1 aromatic carbocycles. The zero-order chi connectivity index (χ0) is 20.1. The van der Waals surface area contributed by atoms with Crippen molar-refractivity contribution in [2.45, 2.75) is 37.9 Å². The zero-order valence-electron chi connectivity index (χ0n) is 15.4. The highest BCUT2D eigenvalue weighted by molar-refractivity contribution is 5.39. The third-order valence-electron chi connectivity index (χ3n) is 5.90. The maximum Gasteiger partial charge on any atom is 0.416 e. The van der Waals surface area contributed by atoms with E-state index in [4.69, 9.17) is 0 Å². The van der Waals surface area contributed by atoms with Gasteiger partial charge in [0.05, 0.1) is 5.56 Å². The Kier molecular flexibility index (Phi) is 4.45. The molecule has 2 aromatic rings. The Balaban J connectivity index is 1.36. The molecular formula is C19H21F3N4O2. The van der Waals surface area contributed by atoms with Crippen molar-refractivity contribution in [2.24, 2.45) is 5.92 Å². The van der Waals surface area contributed by atoms with Gasteiger partial charge in [0, 0.05) is 25.0 Å². The van der Waals surface area contributed by atoms with E-state index < -0.39 is 23.0 Å². The summed E-state index contributed by atoms with van der Waals surface area (Å²) in [7, 11) is 0. The monoisotopic (exact) mass is 394 g/mol. The highest BCUT2D eigenvalue weighted by Crippen LogP contribution is 2.59. The third kappa shape index (κ3) is 3.39. The number of piperidine rings is 1. The van der Waals surface area contributed by atoms with Crippen molar-refractivity contribution < 1.29 is 13.2 Å². The maximum absolute atomic E-state index is 12.8. The predicted molar refractivity (Wildman–Crippen MR) is 96.1 cm³/mol. The average Bonchev–Trinajstić information content (AvgIpc) is 3.21. The number of H-pyrrole nitrogens is 1. The largest absolute Gasteiger partial charge is 0.416 e. The summed E-state index contributed by atoms with van der Waals surface area (Å²) in [6, 6.07) is 5.55. The van der Waals surface area contributed by atoms with Crippen LogP contribution in [-0.2, 0) is 18.1 Å². The van der Waals surface area contributed by atoms with E-state index in [0.717, 1.165) is 31.6 Å². The molecule has 2 heterocycles. The van der Waals surface area contributed by atoms with E-state index in [2.05, 4.69) is 15.0 Å². The smallest absolute Gasteiger partial charge is 0.302 e. The number of aromatic amines is 1. The lowest BCUT2D eigenvalue weighted by Crippen LogP contribution is -2.35. The van der Waals surface area contributed by atoms with Gasteiger partial charge in [-0.25, -0.2) is 9.48 Å². The maximum atomic E-state index is 12.8. The van der Waals surface area contributed by atoms with Crippen LogP contribution < -0.4 is 11.2 Å². The number of hydrogen-bond donors (Lipinski definition) is 1. The van der Waals surface area contributed by atoms with Crippen LogP contribution in [0.1, 0.15) is 29.7 Å². The van der Waals surface area contributed by atoms with Gasteiger partial charge >= 0.3 is 11.9 Å². The molecule has 1 saturated heterocycles. The summed E-state index contributed by atoms with van der Waals surface area (Å²) >= 11 is 0. The average molecular weight is 394 g/mol. The highest BCUT2D eigenvalue weighted by atomic mass is 19.4. The van der Waals surface area contributed by atoms with Gasteiger partial charge in [-0.2, -0.15) is 18.3 Å². The Morgan fingerprint density at radius 1 is 1.21 bits per heavy atom. The number of benzene rings is 1. The number of aromatic nitrogens is 3. The molecular weight excluding hydrogens is 373 g/mol. The molecule has 1 saturated carbocycles.